The minimum atomic E-state index is -0.340. The van der Waals surface area contributed by atoms with Crippen LogP contribution >= 0.6 is 11.6 Å². The second kappa shape index (κ2) is 5.37. The van der Waals surface area contributed by atoms with Crippen LogP contribution in [-0.4, -0.2) is 9.55 Å². The lowest BCUT2D eigenvalue weighted by Crippen LogP contribution is -2.02. The number of hydrogen-bond acceptors (Lipinski definition) is 2. The van der Waals surface area contributed by atoms with Crippen LogP contribution in [0.4, 0.5) is 10.1 Å². The third kappa shape index (κ3) is 2.36. The number of benzene rings is 2. The molecule has 21 heavy (non-hydrogen) atoms. The van der Waals surface area contributed by atoms with Gasteiger partial charge in [-0.25, -0.2) is 9.37 Å². The van der Waals surface area contributed by atoms with E-state index in [4.69, 9.17) is 17.3 Å². The molecule has 0 saturated carbocycles. The minimum Gasteiger partial charge on any atom is -0.399 e. The zero-order valence-electron chi connectivity index (χ0n) is 11.6. The van der Waals surface area contributed by atoms with Gasteiger partial charge in [0, 0.05) is 12.2 Å². The van der Waals surface area contributed by atoms with Crippen LogP contribution in [0.15, 0.2) is 36.4 Å². The van der Waals surface area contributed by atoms with Gasteiger partial charge in [0.05, 0.1) is 21.6 Å². The number of rotatable bonds is 3. The highest BCUT2D eigenvalue weighted by molar-refractivity contribution is 6.35. The van der Waals surface area contributed by atoms with Gasteiger partial charge in [0.15, 0.2) is 0 Å². The van der Waals surface area contributed by atoms with Gasteiger partial charge in [-0.1, -0.05) is 24.6 Å². The number of para-hydroxylation sites is 1. The van der Waals surface area contributed by atoms with Gasteiger partial charge < -0.3 is 10.3 Å². The van der Waals surface area contributed by atoms with E-state index in [1.165, 1.54) is 6.07 Å². The number of halogens is 2. The number of hydrogen-bond donors (Lipinski definition) is 1. The van der Waals surface area contributed by atoms with Crippen molar-refractivity contribution in [3.05, 3.63) is 47.2 Å². The van der Waals surface area contributed by atoms with Gasteiger partial charge in [-0.3, -0.25) is 0 Å². The van der Waals surface area contributed by atoms with Gasteiger partial charge in [-0.15, -0.1) is 0 Å². The van der Waals surface area contributed by atoms with Crippen molar-refractivity contribution >= 4 is 28.3 Å². The van der Waals surface area contributed by atoms with Crippen LogP contribution in [-0.2, 0) is 6.54 Å². The normalized spacial score (nSPS) is 11.2. The summed E-state index contributed by atoms with van der Waals surface area (Å²) in [5, 5.41) is 0.615. The fraction of sp³-hybridized carbons (Fsp3) is 0.188. The molecule has 1 aromatic heterocycles. The summed E-state index contributed by atoms with van der Waals surface area (Å²) < 4.78 is 16.1. The largest absolute Gasteiger partial charge is 0.399 e. The molecule has 0 aliphatic heterocycles. The third-order valence-electron chi connectivity index (χ3n) is 3.40. The van der Waals surface area contributed by atoms with E-state index in [0.717, 1.165) is 17.5 Å². The van der Waals surface area contributed by atoms with Crippen LogP contribution in [0, 0.1) is 5.82 Å². The number of imidazole rings is 1. The average Bonchev–Trinajstić information content (AvgIpc) is 2.82. The van der Waals surface area contributed by atoms with Crippen molar-refractivity contribution in [2.45, 2.75) is 19.9 Å². The molecule has 0 bridgehead atoms. The van der Waals surface area contributed by atoms with E-state index in [0.29, 0.717) is 28.6 Å². The Labute approximate surface area is 127 Å². The molecule has 3 rings (SSSR count). The Bertz CT molecular complexity index is 811. The van der Waals surface area contributed by atoms with Gasteiger partial charge in [-0.2, -0.15) is 0 Å². The highest BCUT2D eigenvalue weighted by Crippen LogP contribution is 2.31. The monoisotopic (exact) mass is 303 g/mol. The predicted octanol–water partition coefficient (Wildman–Crippen LogP) is 4.49. The third-order valence-corrected chi connectivity index (χ3v) is 3.70. The van der Waals surface area contributed by atoms with Gasteiger partial charge in [-0.05, 0) is 36.8 Å². The van der Waals surface area contributed by atoms with Gasteiger partial charge in [0.2, 0.25) is 0 Å². The van der Waals surface area contributed by atoms with E-state index in [-0.39, 0.29) is 5.82 Å². The van der Waals surface area contributed by atoms with Gasteiger partial charge >= 0.3 is 0 Å². The van der Waals surface area contributed by atoms with Gasteiger partial charge in [0.1, 0.15) is 11.6 Å². The second-order valence-electron chi connectivity index (χ2n) is 4.93. The first kappa shape index (κ1) is 13.9. The molecule has 1 heterocycles. The zero-order valence-corrected chi connectivity index (χ0v) is 12.4. The van der Waals surface area contributed by atoms with E-state index in [9.17, 15) is 4.39 Å². The van der Waals surface area contributed by atoms with E-state index in [1.54, 1.807) is 12.1 Å². The number of nitrogens with zero attached hydrogens (tertiary/aromatic N) is 2. The number of nitrogen functional groups attached to an aromatic ring is 1. The van der Waals surface area contributed by atoms with Crippen LogP contribution in [0.25, 0.3) is 22.4 Å². The van der Waals surface area contributed by atoms with Crippen molar-refractivity contribution in [3.63, 3.8) is 0 Å². The SMILES string of the molecule is CCCn1c(-c2cc(N)ccc2F)nc2cccc(Cl)c21. The van der Waals surface area contributed by atoms with E-state index >= 15 is 0 Å². The van der Waals surface area contributed by atoms with Crippen LogP contribution in [0.2, 0.25) is 5.02 Å². The smallest absolute Gasteiger partial charge is 0.144 e. The number of fused-ring (bicyclic) bond motifs is 1. The van der Waals surface area contributed by atoms with E-state index in [1.807, 2.05) is 22.8 Å². The maximum atomic E-state index is 14.2. The summed E-state index contributed by atoms with van der Waals surface area (Å²) in [6.45, 7) is 2.77. The molecule has 5 heteroatoms. The van der Waals surface area contributed by atoms with Crippen LogP contribution in [0.5, 0.6) is 0 Å². The molecule has 0 fully saturated rings. The number of anilines is 1. The number of aromatic nitrogens is 2. The Balaban J connectivity index is 2.34. The second-order valence-corrected chi connectivity index (χ2v) is 5.34. The lowest BCUT2D eigenvalue weighted by Gasteiger charge is -2.10. The minimum absolute atomic E-state index is 0.340. The Morgan fingerprint density at radius 1 is 1.29 bits per heavy atom. The van der Waals surface area contributed by atoms with Crippen LogP contribution < -0.4 is 5.73 Å². The molecule has 0 aliphatic carbocycles. The molecule has 0 radical (unpaired) electrons. The molecule has 0 spiro atoms. The molecular formula is C16H15ClFN3. The molecule has 3 aromatic rings. The summed E-state index contributed by atoms with van der Waals surface area (Å²) in [7, 11) is 0. The highest BCUT2D eigenvalue weighted by Gasteiger charge is 2.17. The molecule has 0 aliphatic rings. The quantitative estimate of drug-likeness (QED) is 0.725. The first-order chi connectivity index (χ1) is 10.1. The van der Waals surface area contributed by atoms with Gasteiger partial charge in [0.25, 0.3) is 0 Å². The lowest BCUT2D eigenvalue weighted by molar-refractivity contribution is 0.625. The summed E-state index contributed by atoms with van der Waals surface area (Å²) in [5.41, 5.74) is 8.28. The number of aryl methyl sites for hydroxylation is 1. The fourth-order valence-corrected chi connectivity index (χ4v) is 2.77. The standard InChI is InChI=1S/C16H15ClFN3/c1-2-8-21-15-12(17)4-3-5-14(15)20-16(21)11-9-10(19)6-7-13(11)18/h3-7,9H,2,8,19H2,1H3. The Hall–Kier alpha value is -2.07. The molecule has 2 N–H and O–H groups in total. The molecule has 0 amide bonds. The zero-order chi connectivity index (χ0) is 15.0. The van der Waals surface area contributed by atoms with Crippen molar-refractivity contribution in [3.8, 4) is 11.4 Å². The van der Waals surface area contributed by atoms with Crippen LogP contribution in [0.1, 0.15) is 13.3 Å². The van der Waals surface area contributed by atoms with E-state index < -0.39 is 0 Å². The van der Waals surface area contributed by atoms with Crippen molar-refractivity contribution in [2.75, 3.05) is 5.73 Å². The maximum absolute atomic E-state index is 14.2. The lowest BCUT2D eigenvalue weighted by atomic mass is 10.1. The summed E-state index contributed by atoms with van der Waals surface area (Å²) in [6.07, 6.45) is 0.896. The Morgan fingerprint density at radius 2 is 2.10 bits per heavy atom. The fourth-order valence-electron chi connectivity index (χ4n) is 2.50. The first-order valence-electron chi connectivity index (χ1n) is 6.82. The van der Waals surface area contributed by atoms with Crippen molar-refractivity contribution < 1.29 is 4.39 Å². The molecule has 2 aromatic carbocycles. The van der Waals surface area contributed by atoms with Crippen molar-refractivity contribution in [2.24, 2.45) is 0 Å². The molecular weight excluding hydrogens is 289 g/mol. The highest BCUT2D eigenvalue weighted by atomic mass is 35.5. The Kier molecular flexibility index (Phi) is 3.55. The van der Waals surface area contributed by atoms with Crippen molar-refractivity contribution in [1.82, 2.24) is 9.55 Å². The summed E-state index contributed by atoms with van der Waals surface area (Å²) in [5.74, 6) is 0.220. The molecule has 0 unspecified atom stereocenters. The predicted molar refractivity (Wildman–Crippen MR) is 84.8 cm³/mol. The Morgan fingerprint density at radius 3 is 2.86 bits per heavy atom. The maximum Gasteiger partial charge on any atom is 0.144 e. The van der Waals surface area contributed by atoms with Crippen molar-refractivity contribution in [1.29, 1.82) is 0 Å². The van der Waals surface area contributed by atoms with Crippen LogP contribution in [0.3, 0.4) is 0 Å². The summed E-state index contributed by atoms with van der Waals surface area (Å²) in [6, 6.07) is 10.0. The number of nitrogens with two attached hydrogens (primary N) is 1. The molecule has 0 saturated heterocycles. The molecule has 0 atom stereocenters. The molecule has 108 valence electrons. The summed E-state index contributed by atoms with van der Waals surface area (Å²) >= 11 is 6.29. The molecule has 3 nitrogen and oxygen atoms in total. The topological polar surface area (TPSA) is 43.8 Å². The van der Waals surface area contributed by atoms with E-state index in [2.05, 4.69) is 11.9 Å². The first-order valence-corrected chi connectivity index (χ1v) is 7.19. The average molecular weight is 304 g/mol. The summed E-state index contributed by atoms with van der Waals surface area (Å²) in [4.78, 5) is 4.55.